The Morgan fingerprint density at radius 3 is 3.00 bits per heavy atom. The van der Waals surface area contributed by atoms with Gasteiger partial charge in [-0.2, -0.15) is 0 Å². The Bertz CT molecular complexity index is 365. The molecule has 1 heterocycles. The average molecular weight is 209 g/mol. The van der Waals surface area contributed by atoms with Gasteiger partial charge in [-0.15, -0.1) is 0 Å². The molecule has 1 atom stereocenters. The molecule has 0 bridgehead atoms. The highest BCUT2D eigenvalue weighted by atomic mass is 16.7. The summed E-state index contributed by atoms with van der Waals surface area (Å²) in [6, 6.07) is 3.76. The van der Waals surface area contributed by atoms with Crippen molar-refractivity contribution in [3.8, 4) is 11.5 Å². The van der Waals surface area contributed by atoms with Crippen LogP contribution in [-0.4, -0.2) is 25.5 Å². The molecule has 1 aromatic carbocycles. The fourth-order valence-corrected chi connectivity index (χ4v) is 1.72. The molecular weight excluding hydrogens is 194 g/mol. The van der Waals surface area contributed by atoms with Crippen molar-refractivity contribution < 1.29 is 14.6 Å². The summed E-state index contributed by atoms with van der Waals surface area (Å²) in [5.41, 5.74) is 1.85. The third-order valence-corrected chi connectivity index (χ3v) is 2.46. The smallest absolute Gasteiger partial charge is 0.231 e. The van der Waals surface area contributed by atoms with Gasteiger partial charge < -0.3 is 19.9 Å². The van der Waals surface area contributed by atoms with Crippen molar-refractivity contribution in [1.82, 2.24) is 5.32 Å². The molecule has 0 saturated carbocycles. The van der Waals surface area contributed by atoms with E-state index >= 15 is 0 Å². The van der Waals surface area contributed by atoms with Crippen molar-refractivity contribution in [2.75, 3.05) is 20.4 Å². The highest BCUT2D eigenvalue weighted by molar-refractivity contribution is 5.50. The highest BCUT2D eigenvalue weighted by Gasteiger charge is 2.19. The average Bonchev–Trinajstić information content (AvgIpc) is 2.66. The topological polar surface area (TPSA) is 50.7 Å². The van der Waals surface area contributed by atoms with Crippen LogP contribution in [0.1, 0.15) is 17.2 Å². The Labute approximate surface area is 88.8 Å². The summed E-state index contributed by atoms with van der Waals surface area (Å²) in [6.07, 6.45) is -0.511. The maximum atomic E-state index is 9.82. The number of ether oxygens (including phenoxy) is 2. The number of rotatable bonds is 3. The molecule has 0 radical (unpaired) electrons. The van der Waals surface area contributed by atoms with E-state index in [4.69, 9.17) is 9.47 Å². The monoisotopic (exact) mass is 209 g/mol. The number of aryl methyl sites for hydroxylation is 1. The Morgan fingerprint density at radius 1 is 1.47 bits per heavy atom. The van der Waals surface area contributed by atoms with Gasteiger partial charge in [0.2, 0.25) is 6.79 Å². The molecule has 0 fully saturated rings. The molecule has 0 saturated heterocycles. The molecule has 1 aliphatic rings. The number of aliphatic hydroxyl groups is 1. The Balaban J connectivity index is 2.30. The number of nitrogens with one attached hydrogen (secondary N) is 1. The number of benzene rings is 1. The molecule has 0 aliphatic carbocycles. The van der Waals surface area contributed by atoms with Crippen molar-refractivity contribution >= 4 is 0 Å². The molecule has 0 aromatic heterocycles. The van der Waals surface area contributed by atoms with Crippen molar-refractivity contribution in [2.24, 2.45) is 0 Å². The minimum Gasteiger partial charge on any atom is -0.454 e. The van der Waals surface area contributed by atoms with Crippen LogP contribution in [-0.2, 0) is 0 Å². The first-order valence-corrected chi connectivity index (χ1v) is 4.95. The third-order valence-electron chi connectivity index (χ3n) is 2.46. The zero-order chi connectivity index (χ0) is 10.8. The molecule has 2 rings (SSSR count). The summed E-state index contributed by atoms with van der Waals surface area (Å²) < 4.78 is 10.6. The maximum Gasteiger partial charge on any atom is 0.231 e. The number of likely N-dealkylation sites (N-methyl/N-ethyl adjacent to an activating group) is 1. The summed E-state index contributed by atoms with van der Waals surface area (Å²) in [5, 5.41) is 12.7. The predicted octanol–water partition coefficient (Wildman–Crippen LogP) is 0.977. The van der Waals surface area contributed by atoms with Crippen LogP contribution in [0.4, 0.5) is 0 Å². The van der Waals surface area contributed by atoms with Gasteiger partial charge in [-0.1, -0.05) is 0 Å². The van der Waals surface area contributed by atoms with Gasteiger partial charge >= 0.3 is 0 Å². The lowest BCUT2D eigenvalue weighted by Gasteiger charge is -2.12. The van der Waals surface area contributed by atoms with Gasteiger partial charge in [0.25, 0.3) is 0 Å². The largest absolute Gasteiger partial charge is 0.454 e. The van der Waals surface area contributed by atoms with Gasteiger partial charge in [-0.25, -0.2) is 0 Å². The lowest BCUT2D eigenvalue weighted by Crippen LogP contribution is -2.16. The van der Waals surface area contributed by atoms with E-state index in [0.29, 0.717) is 6.54 Å². The second-order valence-electron chi connectivity index (χ2n) is 3.65. The zero-order valence-electron chi connectivity index (χ0n) is 8.91. The maximum absolute atomic E-state index is 9.82. The van der Waals surface area contributed by atoms with Crippen LogP contribution in [0.5, 0.6) is 11.5 Å². The third kappa shape index (κ3) is 1.91. The van der Waals surface area contributed by atoms with Crippen molar-refractivity contribution in [3.05, 3.63) is 23.3 Å². The molecule has 15 heavy (non-hydrogen) atoms. The summed E-state index contributed by atoms with van der Waals surface area (Å²) in [4.78, 5) is 0. The molecule has 0 spiro atoms. The van der Waals surface area contributed by atoms with Crippen LogP contribution in [0, 0.1) is 6.92 Å². The van der Waals surface area contributed by atoms with Gasteiger partial charge in [0.05, 0.1) is 6.10 Å². The van der Waals surface area contributed by atoms with Gasteiger partial charge in [0.1, 0.15) is 0 Å². The Morgan fingerprint density at radius 2 is 2.27 bits per heavy atom. The molecule has 0 amide bonds. The predicted molar refractivity (Wildman–Crippen MR) is 56.2 cm³/mol. The Kier molecular flexibility index (Phi) is 2.79. The number of hydrogen-bond acceptors (Lipinski definition) is 4. The summed E-state index contributed by atoms with van der Waals surface area (Å²) in [5.74, 6) is 1.51. The van der Waals surface area contributed by atoms with Crippen LogP contribution < -0.4 is 14.8 Å². The SMILES string of the molecule is CNCC(O)c1cc(C)c2c(c1)OCO2. The number of hydrogen-bond donors (Lipinski definition) is 2. The first-order chi connectivity index (χ1) is 7.22. The van der Waals surface area contributed by atoms with Gasteiger partial charge in [0.15, 0.2) is 11.5 Å². The fourth-order valence-electron chi connectivity index (χ4n) is 1.72. The van der Waals surface area contributed by atoms with Crippen molar-refractivity contribution in [2.45, 2.75) is 13.0 Å². The molecule has 1 unspecified atom stereocenters. The molecule has 4 heteroatoms. The van der Waals surface area contributed by atoms with Crippen LogP contribution >= 0.6 is 0 Å². The van der Waals surface area contributed by atoms with Crippen LogP contribution in [0.15, 0.2) is 12.1 Å². The van der Waals surface area contributed by atoms with E-state index in [-0.39, 0.29) is 6.79 Å². The van der Waals surface area contributed by atoms with Gasteiger partial charge in [0, 0.05) is 6.54 Å². The summed E-state index contributed by atoms with van der Waals surface area (Å²) in [6.45, 7) is 2.74. The standard InChI is InChI=1S/C11H15NO3/c1-7-3-8(9(13)5-12-2)4-10-11(7)15-6-14-10/h3-4,9,12-13H,5-6H2,1-2H3. The minimum absolute atomic E-state index is 0.266. The second kappa shape index (κ2) is 4.08. The Hall–Kier alpha value is -1.26. The number of aliphatic hydroxyl groups excluding tert-OH is 1. The first-order valence-electron chi connectivity index (χ1n) is 4.95. The van der Waals surface area contributed by atoms with Crippen LogP contribution in [0.3, 0.4) is 0 Å². The van der Waals surface area contributed by atoms with Crippen LogP contribution in [0.2, 0.25) is 0 Å². The molecule has 82 valence electrons. The molecule has 1 aromatic rings. The lowest BCUT2D eigenvalue weighted by atomic mass is 10.1. The van der Waals surface area contributed by atoms with E-state index < -0.39 is 6.10 Å². The minimum atomic E-state index is -0.511. The molecular formula is C11H15NO3. The highest BCUT2D eigenvalue weighted by Crippen LogP contribution is 2.37. The van der Waals surface area contributed by atoms with Gasteiger partial charge in [-0.3, -0.25) is 0 Å². The van der Waals surface area contributed by atoms with E-state index in [1.165, 1.54) is 0 Å². The fraction of sp³-hybridized carbons (Fsp3) is 0.455. The molecule has 1 aliphatic heterocycles. The van der Waals surface area contributed by atoms with Crippen molar-refractivity contribution in [3.63, 3.8) is 0 Å². The van der Waals surface area contributed by atoms with E-state index in [1.54, 1.807) is 0 Å². The van der Waals surface area contributed by atoms with E-state index in [2.05, 4.69) is 5.32 Å². The summed E-state index contributed by atoms with van der Waals surface area (Å²) >= 11 is 0. The molecule has 4 nitrogen and oxygen atoms in total. The lowest BCUT2D eigenvalue weighted by molar-refractivity contribution is 0.171. The molecule has 2 N–H and O–H groups in total. The second-order valence-corrected chi connectivity index (χ2v) is 3.65. The van der Waals surface area contributed by atoms with Gasteiger partial charge in [-0.05, 0) is 37.2 Å². The van der Waals surface area contributed by atoms with Crippen molar-refractivity contribution in [1.29, 1.82) is 0 Å². The normalized spacial score (nSPS) is 15.4. The summed E-state index contributed by atoms with van der Waals surface area (Å²) in [7, 11) is 1.81. The number of fused-ring (bicyclic) bond motifs is 1. The quantitative estimate of drug-likeness (QED) is 0.779. The van der Waals surface area contributed by atoms with Crippen LogP contribution in [0.25, 0.3) is 0 Å². The first kappa shape index (κ1) is 10.3. The van der Waals surface area contributed by atoms with E-state index in [9.17, 15) is 5.11 Å². The van der Waals surface area contributed by atoms with E-state index in [0.717, 1.165) is 22.6 Å². The zero-order valence-corrected chi connectivity index (χ0v) is 8.91. The van der Waals surface area contributed by atoms with E-state index in [1.807, 2.05) is 26.1 Å².